The van der Waals surface area contributed by atoms with Gasteiger partial charge in [-0.05, 0) is 55.1 Å². The summed E-state index contributed by atoms with van der Waals surface area (Å²) in [7, 11) is 1.64. The molecular formula is C27H29N5O4. The molecule has 1 aliphatic heterocycles. The minimum absolute atomic E-state index is 0.0394. The minimum atomic E-state index is -0.351. The van der Waals surface area contributed by atoms with Gasteiger partial charge >= 0.3 is 0 Å². The van der Waals surface area contributed by atoms with Crippen molar-refractivity contribution in [1.82, 2.24) is 14.7 Å². The second-order valence-corrected chi connectivity index (χ2v) is 8.68. The average Bonchev–Trinajstić information content (AvgIpc) is 3.28. The number of likely N-dealkylation sites (N-methyl/N-ethyl adjacent to an activating group) is 1. The topological polar surface area (TPSA) is 94.7 Å². The Labute approximate surface area is 209 Å². The molecule has 0 bridgehead atoms. The van der Waals surface area contributed by atoms with Gasteiger partial charge in [0.15, 0.2) is 0 Å². The fourth-order valence-corrected chi connectivity index (χ4v) is 4.61. The van der Waals surface area contributed by atoms with Gasteiger partial charge < -0.3 is 19.7 Å². The summed E-state index contributed by atoms with van der Waals surface area (Å²) < 4.78 is 13.2. The molecule has 0 radical (unpaired) electrons. The highest BCUT2D eigenvalue weighted by Crippen LogP contribution is 2.48. The number of benzene rings is 3. The molecule has 0 saturated heterocycles. The van der Waals surface area contributed by atoms with Crippen molar-refractivity contribution in [2.24, 2.45) is 0 Å². The maximum absolute atomic E-state index is 11.8. The average molecular weight is 488 g/mol. The molecule has 0 saturated carbocycles. The Morgan fingerprint density at radius 3 is 2.50 bits per heavy atom. The Kier molecular flexibility index (Phi) is 6.47. The summed E-state index contributed by atoms with van der Waals surface area (Å²) in [6, 6.07) is 16.8. The van der Waals surface area contributed by atoms with Crippen molar-refractivity contribution >= 4 is 28.0 Å². The molecule has 9 nitrogen and oxygen atoms in total. The Bertz CT molecular complexity index is 1410. The van der Waals surface area contributed by atoms with E-state index in [0.29, 0.717) is 24.6 Å². The van der Waals surface area contributed by atoms with Crippen molar-refractivity contribution in [1.29, 1.82) is 0 Å². The third-order valence-corrected chi connectivity index (χ3v) is 6.69. The summed E-state index contributed by atoms with van der Waals surface area (Å²) in [5.41, 5.74) is 4.78. The quantitative estimate of drug-likeness (QED) is 0.202. The van der Waals surface area contributed by atoms with Crippen LogP contribution in [-0.4, -0.2) is 46.3 Å². The van der Waals surface area contributed by atoms with Crippen molar-refractivity contribution in [2.75, 3.05) is 32.1 Å². The summed E-state index contributed by atoms with van der Waals surface area (Å²) in [5, 5.41) is 20.8. The van der Waals surface area contributed by atoms with Crippen LogP contribution in [0.1, 0.15) is 19.4 Å². The molecule has 4 aromatic rings. The summed E-state index contributed by atoms with van der Waals surface area (Å²) in [5.74, 6) is 1.50. The Balaban J connectivity index is 1.51. The zero-order chi connectivity index (χ0) is 25.2. The molecule has 0 fully saturated rings. The lowest BCUT2D eigenvalue weighted by atomic mass is 9.99. The molecule has 1 aliphatic rings. The third kappa shape index (κ3) is 4.33. The number of fused-ring (bicyclic) bond motifs is 2. The van der Waals surface area contributed by atoms with Crippen molar-refractivity contribution in [3.8, 4) is 22.8 Å². The van der Waals surface area contributed by atoms with Crippen LogP contribution in [0, 0.1) is 10.1 Å². The second-order valence-electron chi connectivity index (χ2n) is 8.68. The smallest absolute Gasteiger partial charge is 0.293 e. The van der Waals surface area contributed by atoms with E-state index in [1.807, 2.05) is 47.1 Å². The number of hydrogen-bond donors (Lipinski definition) is 1. The first-order valence-corrected chi connectivity index (χ1v) is 12.1. The van der Waals surface area contributed by atoms with Crippen LogP contribution in [0.5, 0.6) is 11.5 Å². The Morgan fingerprint density at radius 1 is 1.06 bits per heavy atom. The zero-order valence-corrected chi connectivity index (χ0v) is 20.7. The number of nitro groups is 1. The van der Waals surface area contributed by atoms with Gasteiger partial charge in [0, 0.05) is 23.9 Å². The molecule has 0 aliphatic carbocycles. The van der Waals surface area contributed by atoms with E-state index in [0.717, 1.165) is 58.8 Å². The largest absolute Gasteiger partial charge is 0.497 e. The number of methoxy groups -OCH3 is 1. The van der Waals surface area contributed by atoms with Crippen molar-refractivity contribution in [3.05, 3.63) is 70.3 Å². The molecule has 9 heteroatoms. The van der Waals surface area contributed by atoms with Crippen LogP contribution in [0.3, 0.4) is 0 Å². The Hall–Kier alpha value is -4.11. The lowest BCUT2D eigenvalue weighted by Gasteiger charge is -2.19. The maximum Gasteiger partial charge on any atom is 0.293 e. The molecular weight excluding hydrogens is 458 g/mol. The lowest BCUT2D eigenvalue weighted by Crippen LogP contribution is -2.27. The summed E-state index contributed by atoms with van der Waals surface area (Å²) >= 11 is 0. The number of ether oxygens (including phenoxy) is 2. The monoisotopic (exact) mass is 487 g/mol. The first-order valence-electron chi connectivity index (χ1n) is 12.1. The molecule has 36 heavy (non-hydrogen) atoms. The van der Waals surface area contributed by atoms with Crippen LogP contribution in [0.2, 0.25) is 0 Å². The predicted octanol–water partition coefficient (Wildman–Crippen LogP) is 5.60. The van der Waals surface area contributed by atoms with Gasteiger partial charge in [-0.25, -0.2) is 0 Å². The van der Waals surface area contributed by atoms with Crippen LogP contribution < -0.4 is 14.8 Å². The van der Waals surface area contributed by atoms with Crippen LogP contribution in [0.4, 0.5) is 17.1 Å². The van der Waals surface area contributed by atoms with Gasteiger partial charge in [0.25, 0.3) is 5.69 Å². The molecule has 1 aromatic heterocycles. The first-order chi connectivity index (χ1) is 17.5. The van der Waals surface area contributed by atoms with E-state index in [2.05, 4.69) is 24.1 Å². The van der Waals surface area contributed by atoms with E-state index in [4.69, 9.17) is 14.6 Å². The molecule has 1 N–H and O–H groups in total. The van der Waals surface area contributed by atoms with E-state index in [-0.39, 0.29) is 10.6 Å². The van der Waals surface area contributed by atoms with Crippen LogP contribution in [0.15, 0.2) is 54.6 Å². The number of nitrogens with zero attached hydrogens (tertiary/aromatic N) is 4. The van der Waals surface area contributed by atoms with Crippen molar-refractivity contribution in [2.45, 2.75) is 27.0 Å². The number of nitrogens with one attached hydrogen (secondary N) is 1. The van der Waals surface area contributed by atoms with Gasteiger partial charge in [-0.2, -0.15) is 5.10 Å². The van der Waals surface area contributed by atoms with Crippen molar-refractivity contribution in [3.63, 3.8) is 0 Å². The van der Waals surface area contributed by atoms with Crippen LogP contribution >= 0.6 is 0 Å². The van der Waals surface area contributed by atoms with Crippen LogP contribution in [-0.2, 0) is 13.2 Å². The summed E-state index contributed by atoms with van der Waals surface area (Å²) in [4.78, 5) is 13.8. The van der Waals surface area contributed by atoms with E-state index in [9.17, 15) is 10.1 Å². The fraction of sp³-hybridized carbons (Fsp3) is 0.296. The SMILES string of the molecule is CCN(CC)CCn1nc2c3c(c([N+](=O)[O-])ccc31)Nc1ccc(OCc3ccc(OC)cc3)cc1-2. The van der Waals surface area contributed by atoms with E-state index in [1.54, 1.807) is 19.2 Å². The first kappa shape index (κ1) is 23.6. The molecule has 2 heterocycles. The molecule has 0 atom stereocenters. The van der Waals surface area contributed by atoms with Crippen LogP contribution in [0.25, 0.3) is 22.2 Å². The Morgan fingerprint density at radius 2 is 1.81 bits per heavy atom. The van der Waals surface area contributed by atoms with Gasteiger partial charge in [0.1, 0.15) is 29.5 Å². The van der Waals surface area contributed by atoms with Gasteiger partial charge in [-0.1, -0.05) is 26.0 Å². The van der Waals surface area contributed by atoms with Crippen molar-refractivity contribution < 1.29 is 14.4 Å². The number of anilines is 2. The third-order valence-electron chi connectivity index (χ3n) is 6.69. The molecule has 0 amide bonds. The number of hydrogen-bond acceptors (Lipinski definition) is 7. The normalized spacial score (nSPS) is 11.9. The number of rotatable bonds is 10. The minimum Gasteiger partial charge on any atom is -0.497 e. The van der Waals surface area contributed by atoms with E-state index < -0.39 is 0 Å². The van der Waals surface area contributed by atoms with Gasteiger partial charge in [0.05, 0.1) is 29.5 Å². The van der Waals surface area contributed by atoms with E-state index >= 15 is 0 Å². The fourth-order valence-electron chi connectivity index (χ4n) is 4.61. The van der Waals surface area contributed by atoms with E-state index in [1.165, 1.54) is 0 Å². The second kappa shape index (κ2) is 9.87. The molecule has 0 spiro atoms. The standard InChI is InChI=1S/C27H29N5O4/c1-4-30(5-2)14-15-31-23-12-13-24(32(33)34)27-25(23)26(29-31)21-16-20(10-11-22(21)28-27)36-17-18-6-8-19(35-3)9-7-18/h6-13,16,28H,4-5,14-15,17H2,1-3H3. The van der Waals surface area contributed by atoms with Gasteiger partial charge in [-0.3, -0.25) is 14.8 Å². The number of nitro benzene ring substituents is 1. The summed E-state index contributed by atoms with van der Waals surface area (Å²) in [6.45, 7) is 8.14. The maximum atomic E-state index is 11.8. The lowest BCUT2D eigenvalue weighted by molar-refractivity contribution is -0.383. The predicted molar refractivity (Wildman–Crippen MR) is 140 cm³/mol. The number of aromatic nitrogens is 2. The molecule has 5 rings (SSSR count). The molecule has 3 aromatic carbocycles. The molecule has 0 unspecified atom stereocenters. The zero-order valence-electron chi connectivity index (χ0n) is 20.7. The van der Waals surface area contributed by atoms with Gasteiger partial charge in [0.2, 0.25) is 0 Å². The highest BCUT2D eigenvalue weighted by Gasteiger charge is 2.29. The summed E-state index contributed by atoms with van der Waals surface area (Å²) in [6.07, 6.45) is 0. The highest BCUT2D eigenvalue weighted by atomic mass is 16.6. The highest BCUT2D eigenvalue weighted by molar-refractivity contribution is 6.12. The molecule has 186 valence electrons. The van der Waals surface area contributed by atoms with Gasteiger partial charge in [-0.15, -0.1) is 0 Å².